The highest BCUT2D eigenvalue weighted by molar-refractivity contribution is 5.81. The van der Waals surface area contributed by atoms with Crippen molar-refractivity contribution in [2.45, 2.75) is 25.4 Å². The summed E-state index contributed by atoms with van der Waals surface area (Å²) in [4.78, 5) is 24.9. The first-order valence-corrected chi connectivity index (χ1v) is 7.27. The van der Waals surface area contributed by atoms with Crippen LogP contribution < -0.4 is 4.90 Å². The van der Waals surface area contributed by atoms with Gasteiger partial charge in [-0.15, -0.1) is 0 Å². The van der Waals surface area contributed by atoms with Crippen molar-refractivity contribution in [3.63, 3.8) is 0 Å². The first-order chi connectivity index (χ1) is 9.84. The average molecular weight is 276 g/mol. The maximum Gasteiger partial charge on any atom is 0.251 e. The Morgan fingerprint density at radius 2 is 1.90 bits per heavy atom. The minimum absolute atomic E-state index is 0.151. The molecule has 1 aromatic rings. The molecule has 0 saturated carbocycles. The van der Waals surface area contributed by atoms with Gasteiger partial charge in [0.15, 0.2) is 0 Å². The monoisotopic (exact) mass is 276 g/mol. The van der Waals surface area contributed by atoms with Gasteiger partial charge in [-0.05, 0) is 25.3 Å². The van der Waals surface area contributed by atoms with Gasteiger partial charge in [0.2, 0.25) is 5.95 Å². The van der Waals surface area contributed by atoms with E-state index >= 15 is 0 Å². The average Bonchev–Trinajstić information content (AvgIpc) is 2.56. The number of aromatic nitrogens is 2. The molecule has 20 heavy (non-hydrogen) atoms. The number of amides is 1. The van der Waals surface area contributed by atoms with E-state index in [4.69, 9.17) is 4.74 Å². The molecule has 0 bridgehead atoms. The van der Waals surface area contributed by atoms with Gasteiger partial charge >= 0.3 is 0 Å². The summed E-state index contributed by atoms with van der Waals surface area (Å²) < 4.78 is 5.57. The first kappa shape index (κ1) is 13.3. The smallest absolute Gasteiger partial charge is 0.251 e. The van der Waals surface area contributed by atoms with E-state index < -0.39 is 0 Å². The van der Waals surface area contributed by atoms with Crippen LogP contribution in [0.5, 0.6) is 0 Å². The zero-order valence-electron chi connectivity index (χ0n) is 11.6. The molecule has 108 valence electrons. The van der Waals surface area contributed by atoms with Crippen LogP contribution in [0.4, 0.5) is 5.95 Å². The third-order valence-corrected chi connectivity index (χ3v) is 3.88. The number of hydrogen-bond donors (Lipinski definition) is 0. The number of nitrogens with zero attached hydrogens (tertiary/aromatic N) is 4. The highest BCUT2D eigenvalue weighted by Crippen LogP contribution is 2.17. The summed E-state index contributed by atoms with van der Waals surface area (Å²) in [6.07, 6.45) is 6.30. The molecule has 1 amide bonds. The molecule has 0 aliphatic carbocycles. The zero-order valence-corrected chi connectivity index (χ0v) is 11.6. The van der Waals surface area contributed by atoms with Crippen molar-refractivity contribution in [3.8, 4) is 0 Å². The molecule has 3 heterocycles. The molecule has 1 atom stereocenters. The lowest BCUT2D eigenvalue weighted by Gasteiger charge is -2.36. The molecular weight excluding hydrogens is 256 g/mol. The lowest BCUT2D eigenvalue weighted by molar-refractivity contribution is -0.146. The molecule has 1 aromatic heterocycles. The summed E-state index contributed by atoms with van der Waals surface area (Å²) >= 11 is 0. The van der Waals surface area contributed by atoms with Crippen molar-refractivity contribution in [2.75, 3.05) is 37.7 Å². The third-order valence-electron chi connectivity index (χ3n) is 3.88. The second-order valence-electron chi connectivity index (χ2n) is 5.22. The van der Waals surface area contributed by atoms with Gasteiger partial charge in [0.05, 0.1) is 0 Å². The normalized spacial score (nSPS) is 23.7. The second-order valence-corrected chi connectivity index (χ2v) is 5.22. The van der Waals surface area contributed by atoms with Crippen LogP contribution in [0.2, 0.25) is 0 Å². The Morgan fingerprint density at radius 1 is 1.15 bits per heavy atom. The fraction of sp³-hybridized carbons (Fsp3) is 0.643. The second kappa shape index (κ2) is 6.17. The van der Waals surface area contributed by atoms with Crippen molar-refractivity contribution in [3.05, 3.63) is 18.5 Å². The summed E-state index contributed by atoms with van der Waals surface area (Å²) in [6.45, 7) is 3.72. The third kappa shape index (κ3) is 2.90. The molecule has 0 N–H and O–H groups in total. The summed E-state index contributed by atoms with van der Waals surface area (Å²) in [5.41, 5.74) is 0. The van der Waals surface area contributed by atoms with Gasteiger partial charge in [0, 0.05) is 45.2 Å². The molecule has 2 aliphatic rings. The minimum atomic E-state index is -0.219. The summed E-state index contributed by atoms with van der Waals surface area (Å²) in [6, 6.07) is 1.81. The Hall–Kier alpha value is -1.69. The van der Waals surface area contributed by atoms with E-state index in [1.807, 2.05) is 11.0 Å². The van der Waals surface area contributed by atoms with E-state index in [9.17, 15) is 4.79 Å². The van der Waals surface area contributed by atoms with E-state index in [1.165, 1.54) is 0 Å². The summed E-state index contributed by atoms with van der Waals surface area (Å²) in [7, 11) is 0. The van der Waals surface area contributed by atoms with Crippen molar-refractivity contribution < 1.29 is 9.53 Å². The van der Waals surface area contributed by atoms with Gasteiger partial charge in [-0.2, -0.15) is 0 Å². The fourth-order valence-corrected chi connectivity index (χ4v) is 2.72. The standard InChI is InChI=1S/C14H20N4O2/c19-13(12-4-1-2-11-20-12)17-7-9-18(10-8-17)14-15-5-3-6-16-14/h3,5-6,12H,1-2,4,7-11H2/t12-/m0/s1. The summed E-state index contributed by atoms with van der Waals surface area (Å²) in [5.74, 6) is 0.895. The molecule has 0 radical (unpaired) electrons. The molecular formula is C14H20N4O2. The number of piperazine rings is 1. The molecule has 6 heteroatoms. The zero-order chi connectivity index (χ0) is 13.8. The first-order valence-electron chi connectivity index (χ1n) is 7.27. The number of carbonyl (C=O) groups excluding carboxylic acids is 1. The number of hydrogen-bond acceptors (Lipinski definition) is 5. The number of anilines is 1. The summed E-state index contributed by atoms with van der Waals surface area (Å²) in [5, 5.41) is 0. The molecule has 3 rings (SSSR count). The van der Waals surface area contributed by atoms with E-state index in [1.54, 1.807) is 12.4 Å². The highest BCUT2D eigenvalue weighted by atomic mass is 16.5. The van der Waals surface area contributed by atoms with Crippen LogP contribution in [0, 0.1) is 0 Å². The Bertz CT molecular complexity index is 440. The van der Waals surface area contributed by atoms with Crippen LogP contribution >= 0.6 is 0 Å². The van der Waals surface area contributed by atoms with Crippen LogP contribution in [0.25, 0.3) is 0 Å². The van der Waals surface area contributed by atoms with Gasteiger partial charge in [-0.3, -0.25) is 4.79 Å². The van der Waals surface area contributed by atoms with Crippen molar-refractivity contribution in [2.24, 2.45) is 0 Å². The van der Waals surface area contributed by atoms with Crippen molar-refractivity contribution in [1.29, 1.82) is 0 Å². The lowest BCUT2D eigenvalue weighted by atomic mass is 10.1. The van der Waals surface area contributed by atoms with Gasteiger partial charge in [-0.25, -0.2) is 9.97 Å². The molecule has 2 fully saturated rings. The Balaban J connectivity index is 1.54. The van der Waals surface area contributed by atoms with Crippen LogP contribution in [-0.4, -0.2) is 59.7 Å². The fourth-order valence-electron chi connectivity index (χ4n) is 2.72. The molecule has 0 spiro atoms. The van der Waals surface area contributed by atoms with Crippen LogP contribution in [0.15, 0.2) is 18.5 Å². The van der Waals surface area contributed by atoms with Gasteiger partial charge in [-0.1, -0.05) is 0 Å². The maximum absolute atomic E-state index is 12.3. The van der Waals surface area contributed by atoms with Crippen LogP contribution in [-0.2, 0) is 9.53 Å². The predicted molar refractivity (Wildman–Crippen MR) is 74.4 cm³/mol. The van der Waals surface area contributed by atoms with Crippen LogP contribution in [0.1, 0.15) is 19.3 Å². The van der Waals surface area contributed by atoms with E-state index in [0.717, 1.165) is 51.4 Å². The van der Waals surface area contributed by atoms with Crippen molar-refractivity contribution in [1.82, 2.24) is 14.9 Å². The number of ether oxygens (including phenoxy) is 1. The van der Waals surface area contributed by atoms with Gasteiger partial charge < -0.3 is 14.5 Å². The lowest BCUT2D eigenvalue weighted by Crippen LogP contribution is -2.52. The van der Waals surface area contributed by atoms with E-state index in [-0.39, 0.29) is 12.0 Å². The van der Waals surface area contributed by atoms with E-state index in [2.05, 4.69) is 14.9 Å². The van der Waals surface area contributed by atoms with E-state index in [0.29, 0.717) is 6.61 Å². The molecule has 2 aliphatic heterocycles. The Labute approximate surface area is 118 Å². The largest absolute Gasteiger partial charge is 0.368 e. The SMILES string of the molecule is O=C([C@@H]1CCCCO1)N1CCN(c2ncccn2)CC1. The quantitative estimate of drug-likeness (QED) is 0.795. The van der Waals surface area contributed by atoms with Crippen molar-refractivity contribution >= 4 is 11.9 Å². The molecule has 0 unspecified atom stereocenters. The maximum atomic E-state index is 12.3. The molecule has 2 saturated heterocycles. The highest BCUT2D eigenvalue weighted by Gasteiger charge is 2.29. The number of carbonyl (C=O) groups is 1. The number of rotatable bonds is 2. The Kier molecular flexibility index (Phi) is 4.11. The van der Waals surface area contributed by atoms with Crippen LogP contribution in [0.3, 0.4) is 0 Å². The Morgan fingerprint density at radius 3 is 2.55 bits per heavy atom. The van der Waals surface area contributed by atoms with Gasteiger partial charge in [0.25, 0.3) is 5.91 Å². The predicted octanol–water partition coefficient (Wildman–Crippen LogP) is 0.694. The topological polar surface area (TPSA) is 58.6 Å². The molecule has 6 nitrogen and oxygen atoms in total. The van der Waals surface area contributed by atoms with Gasteiger partial charge in [0.1, 0.15) is 6.10 Å². The molecule has 0 aromatic carbocycles. The minimum Gasteiger partial charge on any atom is -0.368 e.